The van der Waals surface area contributed by atoms with E-state index in [1.165, 1.54) is 0 Å². The molecule has 0 radical (unpaired) electrons. The van der Waals surface area contributed by atoms with Crippen LogP contribution in [-0.2, 0) is 0 Å². The lowest BCUT2D eigenvalue weighted by molar-refractivity contribution is 0.404. The topological polar surface area (TPSA) is 69.6 Å². The van der Waals surface area contributed by atoms with E-state index >= 15 is 0 Å². The quantitative estimate of drug-likeness (QED) is 0.672. The molecular weight excluding hydrogens is 218 g/mol. The van der Waals surface area contributed by atoms with Gasteiger partial charge in [0.2, 0.25) is 0 Å². The van der Waals surface area contributed by atoms with E-state index in [-0.39, 0.29) is 6.04 Å². The van der Waals surface area contributed by atoms with Crippen molar-refractivity contribution in [1.29, 1.82) is 0 Å². The van der Waals surface area contributed by atoms with Gasteiger partial charge >= 0.3 is 0 Å². The molecule has 86 valence electrons. The second-order valence-corrected chi connectivity index (χ2v) is 4.08. The predicted molar refractivity (Wildman–Crippen MR) is 61.2 cm³/mol. The van der Waals surface area contributed by atoms with Gasteiger partial charge in [0.25, 0.3) is 0 Å². The molecule has 0 amide bonds. The SMILES string of the molecule is CC(C)n1nnc2c(-c3cnno3)cccc21. The van der Waals surface area contributed by atoms with Crippen molar-refractivity contribution in [3.05, 3.63) is 24.4 Å². The number of fused-ring (bicyclic) bond motifs is 1. The molecule has 2 heterocycles. The van der Waals surface area contributed by atoms with E-state index < -0.39 is 0 Å². The molecule has 6 heteroatoms. The highest BCUT2D eigenvalue weighted by Gasteiger charge is 2.14. The Morgan fingerprint density at radius 1 is 1.29 bits per heavy atom. The monoisotopic (exact) mass is 229 g/mol. The fraction of sp³-hybridized carbons (Fsp3) is 0.273. The summed E-state index contributed by atoms with van der Waals surface area (Å²) in [6, 6.07) is 6.12. The first kappa shape index (κ1) is 9.95. The molecule has 1 aromatic carbocycles. The van der Waals surface area contributed by atoms with Crippen LogP contribution in [0.2, 0.25) is 0 Å². The van der Waals surface area contributed by atoms with Crippen LogP contribution < -0.4 is 0 Å². The summed E-state index contributed by atoms with van der Waals surface area (Å²) in [5.41, 5.74) is 2.65. The number of aromatic nitrogens is 5. The highest BCUT2D eigenvalue weighted by Crippen LogP contribution is 2.26. The highest BCUT2D eigenvalue weighted by molar-refractivity contribution is 5.89. The average Bonchev–Trinajstić information content (AvgIpc) is 2.97. The van der Waals surface area contributed by atoms with Crippen molar-refractivity contribution in [2.75, 3.05) is 0 Å². The molecule has 0 bridgehead atoms. The van der Waals surface area contributed by atoms with Crippen molar-refractivity contribution in [1.82, 2.24) is 25.4 Å². The zero-order valence-corrected chi connectivity index (χ0v) is 9.53. The highest BCUT2D eigenvalue weighted by atomic mass is 16.5. The van der Waals surface area contributed by atoms with E-state index in [0.29, 0.717) is 5.76 Å². The molecule has 0 N–H and O–H groups in total. The van der Waals surface area contributed by atoms with Gasteiger partial charge in [0, 0.05) is 11.3 Å². The summed E-state index contributed by atoms with van der Waals surface area (Å²) in [6.07, 6.45) is 1.57. The van der Waals surface area contributed by atoms with Crippen LogP contribution in [0.4, 0.5) is 0 Å². The molecular formula is C11H11N5O. The van der Waals surface area contributed by atoms with Gasteiger partial charge in [0.15, 0.2) is 5.76 Å². The number of benzene rings is 1. The van der Waals surface area contributed by atoms with Crippen molar-refractivity contribution >= 4 is 11.0 Å². The molecule has 0 aliphatic carbocycles. The average molecular weight is 229 g/mol. The van der Waals surface area contributed by atoms with Crippen molar-refractivity contribution in [2.24, 2.45) is 0 Å². The van der Waals surface area contributed by atoms with Gasteiger partial charge in [-0.3, -0.25) is 0 Å². The Labute approximate surface area is 97.2 Å². The maximum atomic E-state index is 5.06. The fourth-order valence-electron chi connectivity index (χ4n) is 1.83. The molecule has 0 saturated carbocycles. The van der Waals surface area contributed by atoms with Crippen molar-refractivity contribution in [3.8, 4) is 11.3 Å². The normalized spacial score (nSPS) is 11.5. The van der Waals surface area contributed by atoms with E-state index in [9.17, 15) is 0 Å². The summed E-state index contributed by atoms with van der Waals surface area (Å²) in [4.78, 5) is 0. The Balaban J connectivity index is 2.28. The van der Waals surface area contributed by atoms with Crippen molar-refractivity contribution in [2.45, 2.75) is 19.9 Å². The molecule has 0 aliphatic heterocycles. The molecule has 2 aromatic heterocycles. The lowest BCUT2D eigenvalue weighted by Crippen LogP contribution is -2.02. The Morgan fingerprint density at radius 3 is 2.88 bits per heavy atom. The van der Waals surface area contributed by atoms with Gasteiger partial charge < -0.3 is 4.52 Å². The zero-order valence-electron chi connectivity index (χ0n) is 9.53. The summed E-state index contributed by atoms with van der Waals surface area (Å²) in [7, 11) is 0. The van der Waals surface area contributed by atoms with E-state index in [0.717, 1.165) is 16.6 Å². The third kappa shape index (κ3) is 1.49. The molecule has 17 heavy (non-hydrogen) atoms. The lowest BCUT2D eigenvalue weighted by atomic mass is 10.1. The third-order valence-corrected chi connectivity index (χ3v) is 2.62. The molecule has 0 aliphatic rings. The van der Waals surface area contributed by atoms with Crippen LogP contribution in [0.3, 0.4) is 0 Å². The predicted octanol–water partition coefficient (Wildman–Crippen LogP) is 2.06. The Bertz CT molecular complexity index is 641. The summed E-state index contributed by atoms with van der Waals surface area (Å²) in [6.45, 7) is 4.13. The van der Waals surface area contributed by atoms with E-state index in [2.05, 4.69) is 34.5 Å². The molecule has 0 spiro atoms. The largest absolute Gasteiger partial charge is 0.337 e. The second kappa shape index (κ2) is 3.65. The van der Waals surface area contributed by atoms with Gasteiger partial charge in [-0.2, -0.15) is 0 Å². The second-order valence-electron chi connectivity index (χ2n) is 4.08. The van der Waals surface area contributed by atoms with Crippen LogP contribution in [0, 0.1) is 0 Å². The maximum absolute atomic E-state index is 5.06. The van der Waals surface area contributed by atoms with Gasteiger partial charge in [-0.25, -0.2) is 4.68 Å². The summed E-state index contributed by atoms with van der Waals surface area (Å²) < 4.78 is 6.94. The third-order valence-electron chi connectivity index (χ3n) is 2.62. The van der Waals surface area contributed by atoms with E-state index in [1.54, 1.807) is 6.20 Å². The first-order valence-corrected chi connectivity index (χ1v) is 5.39. The number of rotatable bonds is 2. The lowest BCUT2D eigenvalue weighted by Gasteiger charge is -2.05. The first-order chi connectivity index (χ1) is 8.27. The maximum Gasteiger partial charge on any atom is 0.189 e. The van der Waals surface area contributed by atoms with Gasteiger partial charge in [0.05, 0.1) is 17.3 Å². The number of hydrogen-bond donors (Lipinski definition) is 0. The van der Waals surface area contributed by atoms with Crippen molar-refractivity contribution < 1.29 is 4.52 Å². The Kier molecular flexibility index (Phi) is 2.14. The minimum atomic E-state index is 0.267. The molecule has 3 rings (SSSR count). The van der Waals surface area contributed by atoms with Crippen LogP contribution in [0.25, 0.3) is 22.4 Å². The summed E-state index contributed by atoms with van der Waals surface area (Å²) in [5.74, 6) is 0.603. The smallest absolute Gasteiger partial charge is 0.189 e. The molecule has 6 nitrogen and oxygen atoms in total. The van der Waals surface area contributed by atoms with Gasteiger partial charge in [0.1, 0.15) is 5.52 Å². The fourth-order valence-corrected chi connectivity index (χ4v) is 1.83. The molecule has 0 unspecified atom stereocenters. The zero-order chi connectivity index (χ0) is 11.8. The Hall–Kier alpha value is -2.24. The van der Waals surface area contributed by atoms with Gasteiger partial charge in [-0.15, -0.1) is 10.2 Å². The van der Waals surface area contributed by atoms with Crippen LogP contribution in [-0.4, -0.2) is 25.4 Å². The molecule has 0 saturated heterocycles. The number of nitrogens with zero attached hydrogens (tertiary/aromatic N) is 5. The van der Waals surface area contributed by atoms with Crippen LogP contribution >= 0.6 is 0 Å². The van der Waals surface area contributed by atoms with E-state index in [4.69, 9.17) is 4.52 Å². The molecule has 0 atom stereocenters. The minimum absolute atomic E-state index is 0.267. The number of hydrogen-bond acceptors (Lipinski definition) is 5. The summed E-state index contributed by atoms with van der Waals surface area (Å²) >= 11 is 0. The molecule has 0 fully saturated rings. The molecule has 3 aromatic rings. The van der Waals surface area contributed by atoms with Crippen LogP contribution in [0.15, 0.2) is 28.9 Å². The van der Waals surface area contributed by atoms with Gasteiger partial charge in [-0.1, -0.05) is 11.3 Å². The van der Waals surface area contributed by atoms with Crippen LogP contribution in [0.1, 0.15) is 19.9 Å². The first-order valence-electron chi connectivity index (χ1n) is 5.39. The minimum Gasteiger partial charge on any atom is -0.337 e. The standard InChI is InChI=1S/C11H11N5O/c1-7(2)16-9-5-3-4-8(11(9)13-14-16)10-6-12-15-17-10/h3-7H,1-2H3. The van der Waals surface area contributed by atoms with Crippen molar-refractivity contribution in [3.63, 3.8) is 0 Å². The van der Waals surface area contributed by atoms with E-state index in [1.807, 2.05) is 22.9 Å². The Morgan fingerprint density at radius 2 is 2.18 bits per heavy atom. The van der Waals surface area contributed by atoms with Gasteiger partial charge in [-0.05, 0) is 26.0 Å². The summed E-state index contributed by atoms with van der Waals surface area (Å²) in [5, 5.41) is 15.5. The van der Waals surface area contributed by atoms with Crippen LogP contribution in [0.5, 0.6) is 0 Å².